The Hall–Kier alpha value is -2.17. The van der Waals surface area contributed by atoms with Crippen LogP contribution in [0.1, 0.15) is 5.56 Å². The quantitative estimate of drug-likeness (QED) is 0.779. The number of pyridine rings is 1. The average molecular weight is 202 g/mol. The second-order valence-electron chi connectivity index (χ2n) is 3.07. The van der Waals surface area contributed by atoms with Gasteiger partial charge in [0.05, 0.1) is 18.3 Å². The number of rotatable bonds is 3. The maximum Gasteiger partial charge on any atom is 0.228 e. The van der Waals surface area contributed by atoms with Gasteiger partial charge in [-0.15, -0.1) is 0 Å². The van der Waals surface area contributed by atoms with Crippen molar-refractivity contribution >= 4 is 11.6 Å². The van der Waals surface area contributed by atoms with E-state index in [9.17, 15) is 4.79 Å². The minimum absolute atomic E-state index is 0.0670. The van der Waals surface area contributed by atoms with E-state index in [-0.39, 0.29) is 5.91 Å². The Bertz CT molecular complexity index is 424. The van der Waals surface area contributed by atoms with Crippen molar-refractivity contribution in [3.05, 3.63) is 42.5 Å². The molecule has 2 N–H and O–H groups in total. The fourth-order valence-electron chi connectivity index (χ4n) is 1.21. The summed E-state index contributed by atoms with van der Waals surface area (Å²) >= 11 is 0. The summed E-state index contributed by atoms with van der Waals surface area (Å²) in [6.45, 7) is 0. The molecule has 5 nitrogen and oxygen atoms in total. The molecule has 0 aliphatic heterocycles. The van der Waals surface area contributed by atoms with Crippen LogP contribution in [0.3, 0.4) is 0 Å². The van der Waals surface area contributed by atoms with E-state index in [2.05, 4.69) is 20.5 Å². The molecule has 5 heteroatoms. The van der Waals surface area contributed by atoms with Crippen LogP contribution in [0.5, 0.6) is 0 Å². The molecule has 2 aromatic heterocycles. The number of aromatic nitrogens is 3. The second-order valence-corrected chi connectivity index (χ2v) is 3.07. The molecule has 2 aromatic rings. The van der Waals surface area contributed by atoms with E-state index in [0.29, 0.717) is 12.1 Å². The first kappa shape index (κ1) is 9.39. The lowest BCUT2D eigenvalue weighted by Crippen LogP contribution is -2.13. The third kappa shape index (κ3) is 2.63. The zero-order chi connectivity index (χ0) is 10.5. The normalized spacial score (nSPS) is 9.87. The Morgan fingerprint density at radius 1 is 1.40 bits per heavy atom. The molecule has 2 rings (SSSR count). The standard InChI is InChI=1S/C10H10N4O/c15-10(14-9-6-12-13-7-9)5-8-1-3-11-4-2-8/h1-4,6-7H,5H2,(H,12,13)(H,14,15). The largest absolute Gasteiger partial charge is 0.323 e. The number of hydrogen-bond acceptors (Lipinski definition) is 3. The molecule has 0 fully saturated rings. The highest BCUT2D eigenvalue weighted by molar-refractivity contribution is 5.91. The predicted molar refractivity (Wildman–Crippen MR) is 55.2 cm³/mol. The van der Waals surface area contributed by atoms with E-state index in [0.717, 1.165) is 5.56 Å². The highest BCUT2D eigenvalue weighted by Gasteiger charge is 2.03. The van der Waals surface area contributed by atoms with Crippen molar-refractivity contribution in [3.8, 4) is 0 Å². The van der Waals surface area contributed by atoms with Crippen LogP contribution in [0, 0.1) is 0 Å². The molecule has 1 amide bonds. The van der Waals surface area contributed by atoms with Gasteiger partial charge in [0.1, 0.15) is 0 Å². The summed E-state index contributed by atoms with van der Waals surface area (Å²) in [6.07, 6.45) is 6.86. The van der Waals surface area contributed by atoms with Crippen LogP contribution < -0.4 is 5.32 Å². The summed E-state index contributed by atoms with van der Waals surface area (Å²) in [5, 5.41) is 9.07. The molecule has 0 saturated heterocycles. The van der Waals surface area contributed by atoms with Crippen LogP contribution in [0.2, 0.25) is 0 Å². The van der Waals surface area contributed by atoms with Gasteiger partial charge in [-0.2, -0.15) is 5.10 Å². The Kier molecular flexibility index (Phi) is 2.73. The molecule has 0 radical (unpaired) electrons. The van der Waals surface area contributed by atoms with Gasteiger partial charge in [-0.1, -0.05) is 0 Å². The van der Waals surface area contributed by atoms with Crippen LogP contribution in [0.25, 0.3) is 0 Å². The van der Waals surface area contributed by atoms with Gasteiger partial charge in [-0.25, -0.2) is 0 Å². The molecular weight excluding hydrogens is 192 g/mol. The van der Waals surface area contributed by atoms with E-state index >= 15 is 0 Å². The zero-order valence-corrected chi connectivity index (χ0v) is 7.97. The summed E-state index contributed by atoms with van der Waals surface area (Å²) in [6, 6.07) is 3.63. The molecule has 0 aliphatic carbocycles. The molecule has 0 unspecified atom stereocenters. The monoisotopic (exact) mass is 202 g/mol. The smallest absolute Gasteiger partial charge is 0.228 e. The molecule has 0 spiro atoms. The highest BCUT2D eigenvalue weighted by Crippen LogP contribution is 2.03. The van der Waals surface area contributed by atoms with Crippen LogP contribution in [-0.4, -0.2) is 21.1 Å². The van der Waals surface area contributed by atoms with E-state index in [4.69, 9.17) is 0 Å². The molecule has 0 aromatic carbocycles. The first-order chi connectivity index (χ1) is 7.34. The molecule has 15 heavy (non-hydrogen) atoms. The zero-order valence-electron chi connectivity index (χ0n) is 7.97. The number of aromatic amines is 1. The fourth-order valence-corrected chi connectivity index (χ4v) is 1.21. The Morgan fingerprint density at radius 2 is 2.20 bits per heavy atom. The number of carbonyl (C=O) groups is 1. The molecule has 0 bridgehead atoms. The summed E-state index contributed by atoms with van der Waals surface area (Å²) in [5.74, 6) is -0.0670. The number of hydrogen-bond donors (Lipinski definition) is 2. The van der Waals surface area contributed by atoms with Crippen LogP contribution in [-0.2, 0) is 11.2 Å². The maximum absolute atomic E-state index is 11.5. The van der Waals surface area contributed by atoms with E-state index in [1.54, 1.807) is 24.8 Å². The number of nitrogens with zero attached hydrogens (tertiary/aromatic N) is 2. The van der Waals surface area contributed by atoms with E-state index in [1.807, 2.05) is 12.1 Å². The molecule has 2 heterocycles. The number of H-pyrrole nitrogens is 1. The predicted octanol–water partition coefficient (Wildman–Crippen LogP) is 0.986. The van der Waals surface area contributed by atoms with Gasteiger partial charge < -0.3 is 5.32 Å². The van der Waals surface area contributed by atoms with Gasteiger partial charge in [-0.05, 0) is 17.7 Å². The lowest BCUT2D eigenvalue weighted by Gasteiger charge is -2.01. The Labute approximate surface area is 86.5 Å². The SMILES string of the molecule is O=C(Cc1ccncc1)Nc1cn[nH]c1. The maximum atomic E-state index is 11.5. The molecule has 76 valence electrons. The third-order valence-corrected chi connectivity index (χ3v) is 1.90. The summed E-state index contributed by atoms with van der Waals surface area (Å²) in [7, 11) is 0. The van der Waals surface area contributed by atoms with Crippen molar-refractivity contribution in [3.63, 3.8) is 0 Å². The lowest BCUT2D eigenvalue weighted by atomic mass is 10.2. The average Bonchev–Trinajstić information content (AvgIpc) is 2.71. The van der Waals surface area contributed by atoms with Crippen molar-refractivity contribution in [1.82, 2.24) is 15.2 Å². The van der Waals surface area contributed by atoms with Gasteiger partial charge in [-0.3, -0.25) is 14.9 Å². The second kappa shape index (κ2) is 4.36. The van der Waals surface area contributed by atoms with E-state index < -0.39 is 0 Å². The van der Waals surface area contributed by atoms with Gasteiger partial charge in [0.2, 0.25) is 5.91 Å². The van der Waals surface area contributed by atoms with Crippen molar-refractivity contribution in [2.45, 2.75) is 6.42 Å². The first-order valence-corrected chi connectivity index (χ1v) is 4.52. The van der Waals surface area contributed by atoms with Gasteiger partial charge in [0.15, 0.2) is 0 Å². The Morgan fingerprint density at radius 3 is 2.87 bits per heavy atom. The first-order valence-electron chi connectivity index (χ1n) is 4.52. The van der Waals surface area contributed by atoms with Gasteiger partial charge in [0.25, 0.3) is 0 Å². The van der Waals surface area contributed by atoms with Crippen LogP contribution in [0.4, 0.5) is 5.69 Å². The van der Waals surface area contributed by atoms with Gasteiger partial charge >= 0.3 is 0 Å². The number of amides is 1. The number of anilines is 1. The highest BCUT2D eigenvalue weighted by atomic mass is 16.1. The van der Waals surface area contributed by atoms with Crippen molar-refractivity contribution in [2.24, 2.45) is 0 Å². The number of carbonyl (C=O) groups excluding carboxylic acids is 1. The van der Waals surface area contributed by atoms with Crippen molar-refractivity contribution < 1.29 is 4.79 Å². The summed E-state index contributed by atoms with van der Waals surface area (Å²) < 4.78 is 0. The topological polar surface area (TPSA) is 70.7 Å². The molecule has 0 aliphatic rings. The molecular formula is C10H10N4O. The number of nitrogens with one attached hydrogen (secondary N) is 2. The summed E-state index contributed by atoms with van der Waals surface area (Å²) in [5.41, 5.74) is 1.61. The van der Waals surface area contributed by atoms with E-state index in [1.165, 1.54) is 0 Å². The molecule has 0 atom stereocenters. The lowest BCUT2D eigenvalue weighted by molar-refractivity contribution is -0.115. The summed E-state index contributed by atoms with van der Waals surface area (Å²) in [4.78, 5) is 15.4. The third-order valence-electron chi connectivity index (χ3n) is 1.90. The van der Waals surface area contributed by atoms with Crippen molar-refractivity contribution in [1.29, 1.82) is 0 Å². The Balaban J connectivity index is 1.94. The molecule has 0 saturated carbocycles. The van der Waals surface area contributed by atoms with Gasteiger partial charge in [0, 0.05) is 18.6 Å². The fraction of sp³-hybridized carbons (Fsp3) is 0.100. The minimum atomic E-state index is -0.0670. The van der Waals surface area contributed by atoms with Crippen LogP contribution >= 0.6 is 0 Å². The van der Waals surface area contributed by atoms with Crippen LogP contribution in [0.15, 0.2) is 36.9 Å². The van der Waals surface area contributed by atoms with Crippen molar-refractivity contribution in [2.75, 3.05) is 5.32 Å². The minimum Gasteiger partial charge on any atom is -0.323 e.